The van der Waals surface area contributed by atoms with E-state index in [0.717, 1.165) is 21.5 Å². The number of rotatable bonds is 1. The summed E-state index contributed by atoms with van der Waals surface area (Å²) in [5, 5.41) is 0. The Morgan fingerprint density at radius 2 is 1.71 bits per heavy atom. The van der Waals surface area contributed by atoms with Crippen molar-refractivity contribution < 1.29 is 0 Å². The quantitative estimate of drug-likeness (QED) is 0.556. The average molecular weight is 399 g/mol. The Bertz CT molecular complexity index is 691. The van der Waals surface area contributed by atoms with Crippen LogP contribution in [0.2, 0.25) is 0 Å². The van der Waals surface area contributed by atoms with Gasteiger partial charge in [0.1, 0.15) is 0 Å². The molecule has 0 atom stereocenters. The molecule has 0 saturated carbocycles. The number of imidazole rings is 1. The first-order valence-corrected chi connectivity index (χ1v) is 7.02. The van der Waals surface area contributed by atoms with E-state index in [2.05, 4.69) is 66.3 Å². The molecule has 0 spiro atoms. The molecule has 2 nitrogen and oxygen atoms in total. The summed E-state index contributed by atoms with van der Waals surface area (Å²) in [6.07, 6.45) is 0. The van der Waals surface area contributed by atoms with E-state index in [-0.39, 0.29) is 0 Å². The van der Waals surface area contributed by atoms with Gasteiger partial charge in [-0.25, -0.2) is 4.98 Å². The number of nitrogens with zero attached hydrogens (tertiary/aromatic N) is 2. The van der Waals surface area contributed by atoms with Gasteiger partial charge >= 0.3 is 0 Å². The maximum absolute atomic E-state index is 4.51. The van der Waals surface area contributed by atoms with Crippen molar-refractivity contribution in [3.8, 4) is 5.69 Å². The van der Waals surface area contributed by atoms with E-state index in [4.69, 9.17) is 0 Å². The van der Waals surface area contributed by atoms with Crippen LogP contribution in [-0.2, 0) is 0 Å². The fourth-order valence-corrected chi connectivity index (χ4v) is 3.06. The molecule has 0 radical (unpaired) electrons. The number of halogens is 2. The number of hydrogen-bond donors (Lipinski definition) is 0. The van der Waals surface area contributed by atoms with E-state index in [1.165, 1.54) is 3.57 Å². The van der Waals surface area contributed by atoms with Gasteiger partial charge in [-0.05, 0) is 62.8 Å². The highest BCUT2D eigenvalue weighted by Crippen LogP contribution is 2.27. The normalized spacial score (nSPS) is 10.9. The molecule has 0 aliphatic rings. The first kappa shape index (κ1) is 11.2. The lowest BCUT2D eigenvalue weighted by molar-refractivity contribution is 1.04. The molecule has 2 aromatic carbocycles. The topological polar surface area (TPSA) is 17.8 Å². The van der Waals surface area contributed by atoms with Crippen LogP contribution < -0.4 is 0 Å². The molecule has 3 aromatic rings. The predicted molar refractivity (Wildman–Crippen MR) is 81.5 cm³/mol. The van der Waals surface area contributed by atoms with E-state index in [0.29, 0.717) is 0 Å². The van der Waals surface area contributed by atoms with Crippen LogP contribution in [-0.4, -0.2) is 9.55 Å². The van der Waals surface area contributed by atoms with E-state index < -0.39 is 0 Å². The molecule has 0 fully saturated rings. The zero-order chi connectivity index (χ0) is 11.8. The first-order chi connectivity index (χ1) is 8.27. The number of hydrogen-bond acceptors (Lipinski definition) is 1. The van der Waals surface area contributed by atoms with E-state index >= 15 is 0 Å². The maximum atomic E-state index is 4.51. The summed E-state index contributed by atoms with van der Waals surface area (Å²) in [6, 6.07) is 16.4. The summed E-state index contributed by atoms with van der Waals surface area (Å²) in [4.78, 5) is 4.51. The lowest BCUT2D eigenvalue weighted by atomic mass is 10.3. The number of benzene rings is 2. The van der Waals surface area contributed by atoms with Crippen LogP contribution in [0, 0.1) is 3.57 Å². The molecule has 0 saturated heterocycles. The molecule has 0 aliphatic heterocycles. The molecule has 3 rings (SSSR count). The molecule has 4 heteroatoms. The van der Waals surface area contributed by atoms with Crippen molar-refractivity contribution in [3.63, 3.8) is 0 Å². The monoisotopic (exact) mass is 398 g/mol. The zero-order valence-corrected chi connectivity index (χ0v) is 12.5. The van der Waals surface area contributed by atoms with Gasteiger partial charge in [-0.2, -0.15) is 0 Å². The predicted octanol–water partition coefficient (Wildman–Crippen LogP) is 4.39. The summed E-state index contributed by atoms with van der Waals surface area (Å²) in [5.74, 6) is 0. The van der Waals surface area contributed by atoms with Crippen LogP contribution in [0.1, 0.15) is 0 Å². The van der Waals surface area contributed by atoms with Gasteiger partial charge in [-0.3, -0.25) is 4.57 Å². The van der Waals surface area contributed by atoms with Crippen molar-refractivity contribution in [1.82, 2.24) is 9.55 Å². The molecule has 0 bridgehead atoms. The number of para-hydroxylation sites is 3. The molecule has 84 valence electrons. The molecule has 0 aliphatic carbocycles. The van der Waals surface area contributed by atoms with Crippen LogP contribution in [0.25, 0.3) is 16.7 Å². The lowest BCUT2D eigenvalue weighted by Crippen LogP contribution is -1.96. The maximum Gasteiger partial charge on any atom is 0.182 e. The van der Waals surface area contributed by atoms with Crippen molar-refractivity contribution in [2.75, 3.05) is 0 Å². The van der Waals surface area contributed by atoms with Gasteiger partial charge in [0.2, 0.25) is 0 Å². The third-order valence-electron chi connectivity index (χ3n) is 2.61. The Morgan fingerprint density at radius 1 is 1.00 bits per heavy atom. The van der Waals surface area contributed by atoms with Crippen molar-refractivity contribution in [2.24, 2.45) is 0 Å². The van der Waals surface area contributed by atoms with Crippen molar-refractivity contribution in [2.45, 2.75) is 0 Å². The molecule has 0 unspecified atom stereocenters. The van der Waals surface area contributed by atoms with Gasteiger partial charge in [-0.15, -0.1) is 0 Å². The van der Waals surface area contributed by atoms with Gasteiger partial charge < -0.3 is 0 Å². The van der Waals surface area contributed by atoms with Crippen molar-refractivity contribution in [3.05, 3.63) is 56.8 Å². The molecule has 1 aromatic heterocycles. The van der Waals surface area contributed by atoms with Crippen LogP contribution in [0.5, 0.6) is 0 Å². The molecule has 0 N–H and O–H groups in total. The molecule has 17 heavy (non-hydrogen) atoms. The number of fused-ring (bicyclic) bond motifs is 1. The highest BCUT2D eigenvalue weighted by molar-refractivity contribution is 14.1. The molecular weight excluding hydrogens is 391 g/mol. The average Bonchev–Trinajstić information content (AvgIpc) is 2.66. The van der Waals surface area contributed by atoms with Gasteiger partial charge in [0.15, 0.2) is 4.73 Å². The molecular formula is C13H8BrIN2. The van der Waals surface area contributed by atoms with Crippen molar-refractivity contribution >= 4 is 49.6 Å². The second-order valence-electron chi connectivity index (χ2n) is 3.66. The van der Waals surface area contributed by atoms with Gasteiger partial charge in [0, 0.05) is 3.57 Å². The molecule has 0 amide bonds. The lowest BCUT2D eigenvalue weighted by Gasteiger charge is -2.07. The Morgan fingerprint density at radius 3 is 2.53 bits per heavy atom. The summed E-state index contributed by atoms with van der Waals surface area (Å²) in [5.41, 5.74) is 3.26. The second-order valence-corrected chi connectivity index (χ2v) is 5.53. The Kier molecular flexibility index (Phi) is 2.92. The van der Waals surface area contributed by atoms with Gasteiger partial charge in [0.25, 0.3) is 0 Å². The largest absolute Gasteiger partial charge is 0.286 e. The summed E-state index contributed by atoms with van der Waals surface area (Å²) < 4.78 is 4.16. The SMILES string of the molecule is Brc1nc2ccccc2n1-c1ccccc1I. The number of aromatic nitrogens is 2. The summed E-state index contributed by atoms with van der Waals surface area (Å²) in [7, 11) is 0. The van der Waals surface area contributed by atoms with Gasteiger partial charge in [0.05, 0.1) is 16.7 Å². The zero-order valence-electron chi connectivity index (χ0n) is 8.77. The van der Waals surface area contributed by atoms with E-state index in [1.807, 2.05) is 30.3 Å². The van der Waals surface area contributed by atoms with Crippen LogP contribution >= 0.6 is 38.5 Å². The fourth-order valence-electron chi connectivity index (χ4n) is 1.86. The van der Waals surface area contributed by atoms with Gasteiger partial charge in [-0.1, -0.05) is 24.3 Å². The smallest absolute Gasteiger partial charge is 0.182 e. The van der Waals surface area contributed by atoms with E-state index in [9.17, 15) is 0 Å². The fraction of sp³-hybridized carbons (Fsp3) is 0. The third-order valence-corrected chi connectivity index (χ3v) is 4.06. The Labute approximate surface area is 121 Å². The van der Waals surface area contributed by atoms with Crippen LogP contribution in [0.3, 0.4) is 0 Å². The highest BCUT2D eigenvalue weighted by atomic mass is 127. The summed E-state index contributed by atoms with van der Waals surface area (Å²) >= 11 is 5.87. The summed E-state index contributed by atoms with van der Waals surface area (Å²) in [6.45, 7) is 0. The standard InChI is InChI=1S/C13H8BrIN2/c14-13-16-10-6-2-4-8-12(10)17(13)11-7-3-1-5-9(11)15/h1-8H. The molecule has 1 heterocycles. The minimum atomic E-state index is 0.836. The minimum absolute atomic E-state index is 0.836. The van der Waals surface area contributed by atoms with Crippen LogP contribution in [0.15, 0.2) is 53.3 Å². The minimum Gasteiger partial charge on any atom is -0.286 e. The first-order valence-electron chi connectivity index (χ1n) is 5.15. The third kappa shape index (κ3) is 1.89. The Hall–Kier alpha value is -0.880. The second kappa shape index (κ2) is 4.42. The van der Waals surface area contributed by atoms with E-state index in [1.54, 1.807) is 0 Å². The van der Waals surface area contributed by atoms with Crippen LogP contribution in [0.4, 0.5) is 0 Å². The van der Waals surface area contributed by atoms with Crippen molar-refractivity contribution in [1.29, 1.82) is 0 Å². The highest BCUT2D eigenvalue weighted by Gasteiger charge is 2.11. The Balaban J connectivity index is 2.38.